The number of hydrogen-bond acceptors (Lipinski definition) is 3. The molecule has 3 rings (SSSR count). The minimum Gasteiger partial charge on any atom is -0.444 e. The van der Waals surface area contributed by atoms with Crippen molar-refractivity contribution < 1.29 is 9.53 Å². The Morgan fingerprint density at radius 3 is 2.53 bits per heavy atom. The van der Waals surface area contributed by atoms with Crippen molar-refractivity contribution in [3.05, 3.63) is 0 Å². The first-order valence-corrected chi connectivity index (χ1v) is 5.69. The minimum absolute atomic E-state index is 0.154. The number of carbonyl (C=O) groups is 1. The molecule has 1 unspecified atom stereocenters. The number of nitrogens with zero attached hydrogens (tertiary/aromatic N) is 1. The maximum absolute atomic E-state index is 11.9. The third-order valence-electron chi connectivity index (χ3n) is 2.98. The Morgan fingerprint density at radius 2 is 2.13 bits per heavy atom. The van der Waals surface area contributed by atoms with Crippen molar-refractivity contribution in [3.63, 3.8) is 0 Å². The lowest BCUT2D eigenvalue weighted by molar-refractivity contribution is -0.00406. The van der Waals surface area contributed by atoms with Crippen LogP contribution in [0.4, 0.5) is 4.79 Å². The second-order valence-corrected chi connectivity index (χ2v) is 5.47. The van der Waals surface area contributed by atoms with Gasteiger partial charge in [0.25, 0.3) is 0 Å². The molecule has 0 aliphatic carbocycles. The van der Waals surface area contributed by atoms with E-state index in [4.69, 9.17) is 4.74 Å². The van der Waals surface area contributed by atoms with Crippen molar-refractivity contribution in [2.75, 3.05) is 13.1 Å². The molecule has 0 radical (unpaired) electrons. The average molecular weight is 212 g/mol. The van der Waals surface area contributed by atoms with Crippen molar-refractivity contribution in [3.8, 4) is 0 Å². The van der Waals surface area contributed by atoms with E-state index in [0.29, 0.717) is 12.1 Å². The van der Waals surface area contributed by atoms with Gasteiger partial charge in [0.15, 0.2) is 0 Å². The van der Waals surface area contributed by atoms with Gasteiger partial charge in [0.05, 0.1) is 0 Å². The molecule has 0 spiro atoms. The Balaban J connectivity index is 1.96. The molecule has 2 bridgehead atoms. The number of piperidine rings is 2. The molecular formula is C11H20N2O2. The number of amides is 1. The van der Waals surface area contributed by atoms with Crippen LogP contribution in [0, 0.1) is 0 Å². The Kier molecular flexibility index (Phi) is 2.63. The molecule has 0 aromatic heterocycles. The lowest BCUT2D eigenvalue weighted by atomic mass is 9.93. The zero-order valence-electron chi connectivity index (χ0n) is 9.75. The predicted octanol–water partition coefficient (Wildman–Crippen LogP) is 1.36. The maximum atomic E-state index is 11.9. The number of hydrogen-bond donors (Lipinski definition) is 1. The van der Waals surface area contributed by atoms with E-state index >= 15 is 0 Å². The summed E-state index contributed by atoms with van der Waals surface area (Å²) in [5, 5.41) is 3.42. The molecular weight excluding hydrogens is 192 g/mol. The van der Waals surface area contributed by atoms with Crippen LogP contribution in [-0.4, -0.2) is 41.8 Å². The summed E-state index contributed by atoms with van der Waals surface area (Å²) in [5.74, 6) is 0. The molecule has 3 saturated heterocycles. The lowest BCUT2D eigenvalue weighted by Gasteiger charge is -2.45. The van der Waals surface area contributed by atoms with E-state index in [1.807, 2.05) is 25.7 Å². The molecule has 15 heavy (non-hydrogen) atoms. The van der Waals surface area contributed by atoms with Gasteiger partial charge in [-0.2, -0.15) is 0 Å². The Bertz CT molecular complexity index is 252. The summed E-state index contributed by atoms with van der Waals surface area (Å²) in [6.45, 7) is 7.45. The van der Waals surface area contributed by atoms with E-state index in [2.05, 4.69) is 5.32 Å². The summed E-state index contributed by atoms with van der Waals surface area (Å²) in [4.78, 5) is 13.8. The molecule has 2 atom stereocenters. The zero-order valence-corrected chi connectivity index (χ0v) is 9.75. The van der Waals surface area contributed by atoms with Gasteiger partial charge in [-0.25, -0.2) is 4.79 Å². The molecule has 0 aromatic rings. The van der Waals surface area contributed by atoms with Crippen LogP contribution in [0.5, 0.6) is 0 Å². The summed E-state index contributed by atoms with van der Waals surface area (Å²) in [5.41, 5.74) is -0.388. The van der Waals surface area contributed by atoms with Crippen molar-refractivity contribution >= 4 is 6.09 Å². The monoisotopic (exact) mass is 212 g/mol. The van der Waals surface area contributed by atoms with Crippen LogP contribution in [0.15, 0.2) is 0 Å². The summed E-state index contributed by atoms with van der Waals surface area (Å²) >= 11 is 0. The third kappa shape index (κ3) is 2.43. The van der Waals surface area contributed by atoms with Gasteiger partial charge in [-0.3, -0.25) is 0 Å². The first kappa shape index (κ1) is 10.7. The van der Waals surface area contributed by atoms with Crippen LogP contribution >= 0.6 is 0 Å². The summed E-state index contributed by atoms with van der Waals surface area (Å²) < 4.78 is 5.39. The smallest absolute Gasteiger partial charge is 0.410 e. The van der Waals surface area contributed by atoms with Gasteiger partial charge in [-0.15, -0.1) is 0 Å². The van der Waals surface area contributed by atoms with Gasteiger partial charge in [0.1, 0.15) is 5.60 Å². The molecule has 3 aliphatic heterocycles. The van der Waals surface area contributed by atoms with Crippen LogP contribution in [0.3, 0.4) is 0 Å². The van der Waals surface area contributed by atoms with E-state index in [-0.39, 0.29) is 11.7 Å². The number of nitrogens with one attached hydrogen (secondary N) is 1. The van der Waals surface area contributed by atoms with E-state index in [1.165, 1.54) is 6.42 Å². The largest absolute Gasteiger partial charge is 0.444 e. The topological polar surface area (TPSA) is 41.6 Å². The van der Waals surface area contributed by atoms with Gasteiger partial charge in [-0.05, 0) is 33.6 Å². The van der Waals surface area contributed by atoms with Gasteiger partial charge >= 0.3 is 6.09 Å². The second kappa shape index (κ2) is 3.67. The van der Waals surface area contributed by atoms with Crippen LogP contribution in [0.1, 0.15) is 33.6 Å². The van der Waals surface area contributed by atoms with E-state index < -0.39 is 0 Å². The minimum atomic E-state index is -0.388. The van der Waals surface area contributed by atoms with Gasteiger partial charge in [0, 0.05) is 25.2 Å². The third-order valence-corrected chi connectivity index (χ3v) is 2.98. The second-order valence-electron chi connectivity index (χ2n) is 5.47. The standard InChI is InChI=1S/C11H20N2O2/c1-11(2,3)15-10(14)13-7-8-4-5-9(13)6-12-8/h8-9,12H,4-7H2,1-3H3/t8?,9-/m0/s1. The van der Waals surface area contributed by atoms with Crippen molar-refractivity contribution in [2.45, 2.75) is 51.3 Å². The van der Waals surface area contributed by atoms with E-state index in [1.54, 1.807) is 0 Å². The van der Waals surface area contributed by atoms with E-state index in [9.17, 15) is 4.79 Å². The van der Waals surface area contributed by atoms with Gasteiger partial charge < -0.3 is 15.0 Å². The SMILES string of the molecule is CC(C)(C)OC(=O)N1CC2CC[C@H]1CN2. The molecule has 3 fully saturated rings. The first-order chi connectivity index (χ1) is 6.96. The average Bonchev–Trinajstić information content (AvgIpc) is 2.17. The highest BCUT2D eigenvalue weighted by Gasteiger charge is 2.37. The highest BCUT2D eigenvalue weighted by atomic mass is 16.6. The normalized spacial score (nSPS) is 30.5. The molecule has 3 heterocycles. The van der Waals surface area contributed by atoms with Crippen molar-refractivity contribution in [1.29, 1.82) is 0 Å². The summed E-state index contributed by atoms with van der Waals surface area (Å²) in [7, 11) is 0. The van der Waals surface area contributed by atoms with Gasteiger partial charge in [0.2, 0.25) is 0 Å². The summed E-state index contributed by atoms with van der Waals surface area (Å²) in [6, 6.07) is 0.812. The highest BCUT2D eigenvalue weighted by Crippen LogP contribution is 2.24. The quantitative estimate of drug-likeness (QED) is 0.659. The first-order valence-electron chi connectivity index (χ1n) is 5.69. The van der Waals surface area contributed by atoms with Crippen LogP contribution < -0.4 is 5.32 Å². The lowest BCUT2D eigenvalue weighted by Crippen LogP contribution is -2.62. The molecule has 1 N–H and O–H groups in total. The fraction of sp³-hybridized carbons (Fsp3) is 0.909. The van der Waals surface area contributed by atoms with Crippen LogP contribution in [-0.2, 0) is 4.74 Å². The molecule has 86 valence electrons. The Labute approximate surface area is 91.0 Å². The van der Waals surface area contributed by atoms with Gasteiger partial charge in [-0.1, -0.05) is 0 Å². The van der Waals surface area contributed by atoms with Crippen LogP contribution in [0.25, 0.3) is 0 Å². The summed E-state index contributed by atoms with van der Waals surface area (Å²) in [6.07, 6.45) is 2.14. The number of rotatable bonds is 0. The molecule has 4 nitrogen and oxygen atoms in total. The predicted molar refractivity (Wildman–Crippen MR) is 57.8 cm³/mol. The molecule has 0 aromatic carbocycles. The number of ether oxygens (including phenoxy) is 1. The zero-order chi connectivity index (χ0) is 11.1. The molecule has 1 amide bonds. The maximum Gasteiger partial charge on any atom is 0.410 e. The molecule has 0 saturated carbocycles. The highest BCUT2D eigenvalue weighted by molar-refractivity contribution is 5.69. The van der Waals surface area contributed by atoms with E-state index in [0.717, 1.165) is 19.5 Å². The fourth-order valence-corrected chi connectivity index (χ4v) is 2.25. The number of piperazine rings is 1. The fourth-order valence-electron chi connectivity index (χ4n) is 2.25. The van der Waals surface area contributed by atoms with Crippen molar-refractivity contribution in [1.82, 2.24) is 10.2 Å². The Morgan fingerprint density at radius 1 is 1.40 bits per heavy atom. The Hall–Kier alpha value is -0.770. The molecule has 4 heteroatoms. The molecule has 3 aliphatic rings. The number of fused-ring (bicyclic) bond motifs is 3. The van der Waals surface area contributed by atoms with Crippen LogP contribution in [0.2, 0.25) is 0 Å². The number of carbonyl (C=O) groups excluding carboxylic acids is 1. The van der Waals surface area contributed by atoms with Crippen molar-refractivity contribution in [2.24, 2.45) is 0 Å².